The lowest BCUT2D eigenvalue weighted by atomic mass is 9.92. The van der Waals surface area contributed by atoms with E-state index in [1.807, 2.05) is 24.3 Å². The van der Waals surface area contributed by atoms with Crippen LogP contribution in [0.1, 0.15) is 24.0 Å². The number of hydrogen-bond donors (Lipinski definition) is 0. The Hall–Kier alpha value is -2.24. The van der Waals surface area contributed by atoms with Crippen LogP contribution in [0.5, 0.6) is 0 Å². The lowest BCUT2D eigenvalue weighted by molar-refractivity contribution is -0.938. The van der Waals surface area contributed by atoms with Crippen LogP contribution in [-0.2, 0) is 19.9 Å². The minimum absolute atomic E-state index is 0.252. The number of ether oxygens (including phenoxy) is 2. The fourth-order valence-corrected chi connectivity index (χ4v) is 5.94. The van der Waals surface area contributed by atoms with Gasteiger partial charge >= 0.3 is 5.97 Å². The molecule has 0 N–H and O–H groups in total. The maximum atomic E-state index is 16.4. The van der Waals surface area contributed by atoms with E-state index in [1.54, 1.807) is 24.3 Å². The van der Waals surface area contributed by atoms with Gasteiger partial charge in [-0.2, -0.15) is 0 Å². The number of esters is 1. The number of epoxide rings is 1. The minimum Gasteiger partial charge on any atom is -0.459 e. The van der Waals surface area contributed by atoms with E-state index in [2.05, 4.69) is 14.1 Å². The Labute approximate surface area is 163 Å². The van der Waals surface area contributed by atoms with Crippen LogP contribution in [0.3, 0.4) is 0 Å². The van der Waals surface area contributed by atoms with Crippen molar-refractivity contribution in [3.63, 3.8) is 0 Å². The molecular formula is C23H23FNO3+. The van der Waals surface area contributed by atoms with Crippen molar-refractivity contribution in [1.29, 1.82) is 0 Å². The van der Waals surface area contributed by atoms with E-state index in [-0.39, 0.29) is 18.3 Å². The van der Waals surface area contributed by atoms with Gasteiger partial charge < -0.3 is 14.0 Å². The van der Waals surface area contributed by atoms with Gasteiger partial charge in [-0.1, -0.05) is 48.5 Å². The molecule has 3 fully saturated rings. The Bertz CT molecular complexity index is 937. The van der Waals surface area contributed by atoms with Crippen LogP contribution in [-0.4, -0.2) is 54.9 Å². The molecule has 0 amide bonds. The number of carbonyl (C=O) groups is 1. The number of halogens is 1. The van der Waals surface area contributed by atoms with Crippen molar-refractivity contribution < 1.29 is 23.1 Å². The number of nitrogens with zero attached hydrogens (tertiary/aromatic N) is 1. The van der Waals surface area contributed by atoms with Crippen LogP contribution in [0, 0.1) is 0 Å². The maximum Gasteiger partial charge on any atom is 0.353 e. The molecule has 5 heteroatoms. The van der Waals surface area contributed by atoms with Crippen LogP contribution in [0.2, 0.25) is 0 Å². The zero-order chi connectivity index (χ0) is 19.3. The molecule has 4 aliphatic rings. The van der Waals surface area contributed by atoms with E-state index >= 15 is 4.39 Å². The van der Waals surface area contributed by atoms with Gasteiger partial charge in [-0.25, -0.2) is 9.18 Å². The van der Waals surface area contributed by atoms with E-state index in [4.69, 9.17) is 9.47 Å². The van der Waals surface area contributed by atoms with Gasteiger partial charge in [0.2, 0.25) is 0 Å². The normalized spacial score (nSPS) is 34.9. The summed E-state index contributed by atoms with van der Waals surface area (Å²) in [7, 11) is 4.45. The second kappa shape index (κ2) is 5.22. The Kier molecular flexibility index (Phi) is 3.11. The van der Waals surface area contributed by atoms with Crippen molar-refractivity contribution in [3.05, 3.63) is 59.7 Å². The molecule has 0 saturated carbocycles. The molecule has 0 radical (unpaired) electrons. The summed E-state index contributed by atoms with van der Waals surface area (Å²) in [6.45, 7) is 0. The molecule has 4 unspecified atom stereocenters. The van der Waals surface area contributed by atoms with Gasteiger partial charge in [0.05, 0.1) is 14.1 Å². The predicted molar refractivity (Wildman–Crippen MR) is 101 cm³/mol. The Morgan fingerprint density at radius 1 is 1.00 bits per heavy atom. The monoisotopic (exact) mass is 380 g/mol. The third-order valence-corrected chi connectivity index (χ3v) is 7.48. The highest BCUT2D eigenvalue weighted by atomic mass is 19.1. The average molecular weight is 380 g/mol. The molecule has 144 valence electrons. The maximum absolute atomic E-state index is 16.4. The van der Waals surface area contributed by atoms with E-state index in [9.17, 15) is 4.79 Å². The molecule has 6 rings (SSSR count). The molecule has 4 nitrogen and oxygen atoms in total. The van der Waals surface area contributed by atoms with Gasteiger partial charge in [-0.05, 0) is 11.1 Å². The number of quaternary nitrogens is 1. The smallest absolute Gasteiger partial charge is 0.353 e. The molecule has 5 atom stereocenters. The van der Waals surface area contributed by atoms with Crippen molar-refractivity contribution in [2.24, 2.45) is 0 Å². The van der Waals surface area contributed by atoms with Crippen molar-refractivity contribution in [3.8, 4) is 11.1 Å². The first-order valence-corrected chi connectivity index (χ1v) is 10.0. The molecule has 0 spiro atoms. The second-order valence-corrected chi connectivity index (χ2v) is 9.08. The minimum atomic E-state index is -2.24. The molecule has 2 aromatic carbocycles. The van der Waals surface area contributed by atoms with E-state index < -0.39 is 11.6 Å². The van der Waals surface area contributed by atoms with Crippen molar-refractivity contribution >= 4 is 5.97 Å². The lowest BCUT2D eigenvalue weighted by Gasteiger charge is -2.45. The molecule has 2 aromatic rings. The van der Waals surface area contributed by atoms with Gasteiger partial charge in [0.25, 0.3) is 5.67 Å². The van der Waals surface area contributed by atoms with E-state index in [0.29, 0.717) is 23.2 Å². The number of benzene rings is 2. The van der Waals surface area contributed by atoms with Crippen molar-refractivity contribution in [1.82, 2.24) is 0 Å². The SMILES string of the molecule is C[N+]1(C)C2CC(OC(=O)C3(F)c4ccccc4-c4ccccc43)CC1[C@@H]1OC21. The van der Waals surface area contributed by atoms with Crippen molar-refractivity contribution in [2.75, 3.05) is 14.1 Å². The zero-order valence-electron chi connectivity index (χ0n) is 16.0. The van der Waals surface area contributed by atoms with Gasteiger partial charge in [0, 0.05) is 24.0 Å². The number of carbonyl (C=O) groups excluding carboxylic acids is 1. The summed E-state index contributed by atoms with van der Waals surface area (Å²) in [6, 6.07) is 15.1. The third kappa shape index (κ3) is 1.93. The highest BCUT2D eigenvalue weighted by Gasteiger charge is 2.71. The number of hydrogen-bond acceptors (Lipinski definition) is 3. The summed E-state index contributed by atoms with van der Waals surface area (Å²) in [5.41, 5.74) is 0.0833. The van der Waals surface area contributed by atoms with Gasteiger partial charge in [0.15, 0.2) is 0 Å². The number of fused-ring (bicyclic) bond motifs is 8. The zero-order valence-corrected chi connectivity index (χ0v) is 16.0. The molecule has 3 aliphatic heterocycles. The van der Waals surface area contributed by atoms with Crippen LogP contribution in [0.15, 0.2) is 48.5 Å². The average Bonchev–Trinajstić information content (AvgIpc) is 3.40. The molecule has 1 aliphatic carbocycles. The van der Waals surface area contributed by atoms with Crippen LogP contribution < -0.4 is 0 Å². The highest BCUT2D eigenvalue weighted by Crippen LogP contribution is 2.53. The quantitative estimate of drug-likeness (QED) is 0.456. The van der Waals surface area contributed by atoms with Crippen LogP contribution in [0.4, 0.5) is 4.39 Å². The number of rotatable bonds is 2. The Balaban J connectivity index is 1.33. The molecule has 3 heterocycles. The molecule has 3 saturated heterocycles. The van der Waals surface area contributed by atoms with Gasteiger partial charge in [-0.3, -0.25) is 0 Å². The molecule has 28 heavy (non-hydrogen) atoms. The van der Waals surface area contributed by atoms with Crippen LogP contribution in [0.25, 0.3) is 11.1 Å². The van der Waals surface area contributed by atoms with E-state index in [1.165, 1.54) is 0 Å². The number of likely N-dealkylation sites (N-methyl/N-ethyl adjacent to an activating group) is 1. The highest BCUT2D eigenvalue weighted by molar-refractivity contribution is 5.96. The fourth-order valence-electron chi connectivity index (χ4n) is 5.94. The second-order valence-electron chi connectivity index (χ2n) is 9.08. The van der Waals surface area contributed by atoms with Crippen molar-refractivity contribution in [2.45, 2.75) is 48.9 Å². The standard InChI is InChI=1S/C23H23FNO3/c1-25(2)18-11-13(12-19(25)21-20(18)28-21)27-22(26)23(24)16-9-5-3-7-14(16)15-8-4-6-10-17(15)23/h3-10,13,18-21H,11-12H2,1-2H3/q+1/t13?,18?,19?,20-,21?/m0/s1. The largest absolute Gasteiger partial charge is 0.459 e. The molecule has 2 bridgehead atoms. The van der Waals surface area contributed by atoms with Gasteiger partial charge in [-0.15, -0.1) is 0 Å². The Morgan fingerprint density at radius 3 is 2.04 bits per heavy atom. The first kappa shape index (κ1) is 16.7. The fraction of sp³-hybridized carbons (Fsp3) is 0.435. The summed E-state index contributed by atoms with van der Waals surface area (Å²) in [4.78, 5) is 13.2. The third-order valence-electron chi connectivity index (χ3n) is 7.48. The molecule has 0 aromatic heterocycles. The summed E-state index contributed by atoms with van der Waals surface area (Å²) in [5, 5.41) is 0. The predicted octanol–water partition coefficient (Wildman–Crippen LogP) is 3.18. The first-order valence-electron chi connectivity index (χ1n) is 10.0. The molecular weight excluding hydrogens is 357 g/mol. The number of alkyl halides is 1. The van der Waals surface area contributed by atoms with Gasteiger partial charge in [0.1, 0.15) is 30.4 Å². The Morgan fingerprint density at radius 2 is 1.50 bits per heavy atom. The lowest BCUT2D eigenvalue weighted by Crippen LogP contribution is -2.60. The summed E-state index contributed by atoms with van der Waals surface area (Å²) < 4.78 is 29.0. The summed E-state index contributed by atoms with van der Waals surface area (Å²) in [5.74, 6) is -0.781. The topological polar surface area (TPSA) is 38.8 Å². The summed E-state index contributed by atoms with van der Waals surface area (Å²) >= 11 is 0. The summed E-state index contributed by atoms with van der Waals surface area (Å²) in [6.07, 6.45) is 1.76. The van der Waals surface area contributed by atoms with E-state index in [0.717, 1.165) is 28.5 Å². The van der Waals surface area contributed by atoms with Crippen LogP contribution >= 0.6 is 0 Å². The first-order chi connectivity index (χ1) is 13.4. The number of morpholine rings is 1. The number of piperidine rings is 1.